The summed E-state index contributed by atoms with van der Waals surface area (Å²) in [6.45, 7) is 0. The van der Waals surface area contributed by atoms with E-state index in [0.717, 1.165) is 16.5 Å². The van der Waals surface area contributed by atoms with Crippen molar-refractivity contribution in [1.29, 1.82) is 5.26 Å². The Morgan fingerprint density at radius 2 is 2.15 bits per heavy atom. The van der Waals surface area contributed by atoms with E-state index in [-0.39, 0.29) is 5.56 Å². The minimum Gasteiger partial charge on any atom is -0.360 e. The summed E-state index contributed by atoms with van der Waals surface area (Å²) in [5.74, 6) is 0. The summed E-state index contributed by atoms with van der Waals surface area (Å²) in [6.07, 6.45) is 3.60. The molecule has 0 radical (unpaired) electrons. The Bertz CT molecular complexity index is 888. The average molecular weight is 282 g/mol. The van der Waals surface area contributed by atoms with E-state index < -0.39 is 5.56 Å². The fourth-order valence-electron chi connectivity index (χ4n) is 2.12. The van der Waals surface area contributed by atoms with Crippen molar-refractivity contribution < 1.29 is 0 Å². The molecule has 2 aromatic heterocycles. The van der Waals surface area contributed by atoms with Gasteiger partial charge in [-0.05, 0) is 12.3 Å². The summed E-state index contributed by atoms with van der Waals surface area (Å²) in [6, 6.07) is 9.65. The maximum atomic E-state index is 11.9. The molecule has 1 aromatic carbocycles. The van der Waals surface area contributed by atoms with Gasteiger partial charge in [-0.1, -0.05) is 30.0 Å². The Balaban J connectivity index is 2.37. The predicted octanol–water partition coefficient (Wildman–Crippen LogP) is 2.51. The molecule has 3 aromatic rings. The van der Waals surface area contributed by atoms with Gasteiger partial charge in [-0.3, -0.25) is 4.79 Å². The van der Waals surface area contributed by atoms with Gasteiger partial charge in [0.05, 0.1) is 5.69 Å². The number of benzene rings is 1. The minimum atomic E-state index is -0.410. The molecule has 0 amide bonds. The number of nitrogens with zero attached hydrogens (tertiary/aromatic N) is 2. The fraction of sp³-hybridized carbons (Fsp3) is 0.0714. The quantitative estimate of drug-likeness (QED) is 0.558. The Morgan fingerprint density at radius 3 is 2.90 bits per heavy atom. The smallest absolute Gasteiger partial charge is 0.270 e. The van der Waals surface area contributed by atoms with Crippen LogP contribution in [0.25, 0.3) is 22.2 Å². The molecule has 0 atom stereocenters. The topological polar surface area (TPSA) is 85.3 Å². The Hall–Kier alpha value is -2.52. The van der Waals surface area contributed by atoms with Crippen molar-refractivity contribution in [2.45, 2.75) is 5.16 Å². The van der Waals surface area contributed by atoms with Gasteiger partial charge >= 0.3 is 0 Å². The maximum Gasteiger partial charge on any atom is 0.270 e. The third-order valence-electron chi connectivity index (χ3n) is 3.05. The van der Waals surface area contributed by atoms with Gasteiger partial charge < -0.3 is 9.97 Å². The van der Waals surface area contributed by atoms with E-state index in [2.05, 4.69) is 15.0 Å². The number of hydrogen-bond acceptors (Lipinski definition) is 4. The van der Waals surface area contributed by atoms with Gasteiger partial charge in [0.2, 0.25) is 0 Å². The van der Waals surface area contributed by atoms with Crippen LogP contribution in [-0.2, 0) is 0 Å². The molecule has 0 saturated heterocycles. The van der Waals surface area contributed by atoms with E-state index in [1.165, 1.54) is 11.8 Å². The number of para-hydroxylation sites is 1. The van der Waals surface area contributed by atoms with Crippen LogP contribution in [0.1, 0.15) is 5.56 Å². The van der Waals surface area contributed by atoms with Gasteiger partial charge in [-0.15, -0.1) is 0 Å². The first-order chi connectivity index (χ1) is 9.74. The minimum absolute atomic E-state index is 0.0348. The number of aromatic nitrogens is 3. The monoisotopic (exact) mass is 282 g/mol. The summed E-state index contributed by atoms with van der Waals surface area (Å²) in [5, 5.41) is 10.6. The lowest BCUT2D eigenvalue weighted by Gasteiger charge is -2.03. The normalized spacial score (nSPS) is 10.6. The van der Waals surface area contributed by atoms with Gasteiger partial charge in [0, 0.05) is 22.7 Å². The molecule has 6 heteroatoms. The maximum absolute atomic E-state index is 11.9. The van der Waals surface area contributed by atoms with Crippen LogP contribution in [0.5, 0.6) is 0 Å². The van der Waals surface area contributed by atoms with Gasteiger partial charge in [-0.2, -0.15) is 5.26 Å². The molecule has 3 rings (SSSR count). The standard InChI is InChI=1S/C14H10N4OS/c1-20-14-17-12(9(6-15)13(19)18-14)10-7-16-11-5-3-2-4-8(10)11/h2-5,7,16H,1H3,(H,17,18,19). The molecular formula is C14H10N4OS. The number of aromatic amines is 2. The highest BCUT2D eigenvalue weighted by atomic mass is 32.2. The SMILES string of the molecule is CSc1nc(-c2c[nH]c3ccccc23)c(C#N)c(=O)[nH]1. The molecule has 2 heterocycles. The van der Waals surface area contributed by atoms with Gasteiger partial charge in [-0.25, -0.2) is 4.98 Å². The van der Waals surface area contributed by atoms with Crippen LogP contribution in [0.2, 0.25) is 0 Å². The zero-order valence-corrected chi connectivity index (χ0v) is 11.4. The molecular weight excluding hydrogens is 272 g/mol. The molecule has 5 nitrogen and oxygen atoms in total. The molecule has 0 aliphatic heterocycles. The van der Waals surface area contributed by atoms with Crippen LogP contribution >= 0.6 is 11.8 Å². The predicted molar refractivity (Wildman–Crippen MR) is 78.6 cm³/mol. The number of hydrogen-bond donors (Lipinski definition) is 2. The Morgan fingerprint density at radius 1 is 1.35 bits per heavy atom. The fourth-order valence-corrected chi connectivity index (χ4v) is 2.49. The van der Waals surface area contributed by atoms with Gasteiger partial charge in [0.1, 0.15) is 11.6 Å². The summed E-state index contributed by atoms with van der Waals surface area (Å²) >= 11 is 1.33. The number of nitrogens with one attached hydrogen (secondary N) is 2. The Kier molecular flexibility index (Phi) is 3.05. The molecule has 2 N–H and O–H groups in total. The van der Waals surface area contributed by atoms with E-state index >= 15 is 0 Å². The van der Waals surface area contributed by atoms with Crippen LogP contribution in [-0.4, -0.2) is 21.2 Å². The second-order valence-corrected chi connectivity index (χ2v) is 4.95. The highest BCUT2D eigenvalue weighted by molar-refractivity contribution is 7.98. The van der Waals surface area contributed by atoms with Crippen molar-refractivity contribution >= 4 is 22.7 Å². The van der Waals surface area contributed by atoms with E-state index in [9.17, 15) is 10.1 Å². The summed E-state index contributed by atoms with van der Waals surface area (Å²) in [5.41, 5.74) is 1.75. The number of H-pyrrole nitrogens is 2. The van der Waals surface area contributed by atoms with Crippen molar-refractivity contribution in [3.05, 3.63) is 46.4 Å². The van der Waals surface area contributed by atoms with E-state index in [1.54, 1.807) is 6.20 Å². The van der Waals surface area contributed by atoms with Crippen LogP contribution in [0.4, 0.5) is 0 Å². The first kappa shape index (κ1) is 12.5. The highest BCUT2D eigenvalue weighted by Gasteiger charge is 2.16. The summed E-state index contributed by atoms with van der Waals surface area (Å²) in [7, 11) is 0. The van der Waals surface area contributed by atoms with E-state index in [0.29, 0.717) is 10.9 Å². The number of rotatable bonds is 2. The second-order valence-electron chi connectivity index (χ2n) is 4.16. The number of nitriles is 1. The van der Waals surface area contributed by atoms with Gasteiger partial charge in [0.25, 0.3) is 5.56 Å². The molecule has 0 fully saturated rings. The lowest BCUT2D eigenvalue weighted by Crippen LogP contribution is -2.14. The van der Waals surface area contributed by atoms with Crippen LogP contribution in [0.3, 0.4) is 0 Å². The molecule has 20 heavy (non-hydrogen) atoms. The zero-order chi connectivity index (χ0) is 14.1. The largest absolute Gasteiger partial charge is 0.360 e. The first-order valence-electron chi connectivity index (χ1n) is 5.89. The third kappa shape index (κ3) is 1.89. The summed E-state index contributed by atoms with van der Waals surface area (Å²) in [4.78, 5) is 22.0. The van der Waals surface area contributed by atoms with Crippen LogP contribution in [0.15, 0.2) is 40.4 Å². The number of fused-ring (bicyclic) bond motifs is 1. The zero-order valence-electron chi connectivity index (χ0n) is 10.6. The van der Waals surface area contributed by atoms with Crippen molar-refractivity contribution in [1.82, 2.24) is 15.0 Å². The highest BCUT2D eigenvalue weighted by Crippen LogP contribution is 2.28. The van der Waals surface area contributed by atoms with E-state index in [4.69, 9.17) is 0 Å². The lowest BCUT2D eigenvalue weighted by molar-refractivity contribution is 0.938. The molecule has 0 aliphatic rings. The molecule has 0 aliphatic carbocycles. The van der Waals surface area contributed by atoms with Crippen LogP contribution in [0, 0.1) is 11.3 Å². The molecule has 0 bridgehead atoms. The molecule has 98 valence electrons. The van der Waals surface area contributed by atoms with E-state index in [1.807, 2.05) is 36.6 Å². The van der Waals surface area contributed by atoms with Crippen molar-refractivity contribution in [3.63, 3.8) is 0 Å². The second kappa shape index (κ2) is 4.87. The summed E-state index contributed by atoms with van der Waals surface area (Å²) < 4.78 is 0. The number of thioether (sulfide) groups is 1. The van der Waals surface area contributed by atoms with Gasteiger partial charge in [0.15, 0.2) is 5.16 Å². The van der Waals surface area contributed by atoms with Crippen LogP contribution < -0.4 is 5.56 Å². The molecule has 0 spiro atoms. The van der Waals surface area contributed by atoms with Crippen molar-refractivity contribution in [2.24, 2.45) is 0 Å². The first-order valence-corrected chi connectivity index (χ1v) is 7.12. The average Bonchev–Trinajstić information content (AvgIpc) is 2.90. The third-order valence-corrected chi connectivity index (χ3v) is 3.63. The van der Waals surface area contributed by atoms with Crippen molar-refractivity contribution in [3.8, 4) is 17.3 Å². The Labute approximate surface area is 118 Å². The van der Waals surface area contributed by atoms with Crippen molar-refractivity contribution in [2.75, 3.05) is 6.26 Å². The lowest BCUT2D eigenvalue weighted by atomic mass is 10.1. The molecule has 0 saturated carbocycles. The molecule has 0 unspecified atom stereocenters.